The number of rotatable bonds is 8. The molecule has 0 amide bonds. The predicted molar refractivity (Wildman–Crippen MR) is 117 cm³/mol. The first kappa shape index (κ1) is 20.3. The lowest BCUT2D eigenvalue weighted by Gasteiger charge is -2.11. The Balaban J connectivity index is 1.53. The third kappa shape index (κ3) is 4.64. The number of ether oxygens (including phenoxy) is 4. The van der Waals surface area contributed by atoms with Gasteiger partial charge < -0.3 is 23.4 Å². The number of hydrogen-bond donors (Lipinski definition) is 0. The van der Waals surface area contributed by atoms with Gasteiger partial charge in [0, 0.05) is 6.07 Å². The molecule has 4 rings (SSSR count). The summed E-state index contributed by atoms with van der Waals surface area (Å²) in [6.45, 7) is 2.76. The minimum Gasteiger partial charge on any atom is -0.497 e. The van der Waals surface area contributed by atoms with Crippen LogP contribution in [0, 0.1) is 0 Å². The topological polar surface area (TPSA) is 67.1 Å². The average Bonchev–Trinajstić information content (AvgIpc) is 2.81. The van der Waals surface area contributed by atoms with Crippen molar-refractivity contribution in [2.24, 2.45) is 0 Å². The number of fused-ring (bicyclic) bond motifs is 1. The van der Waals surface area contributed by atoms with Crippen LogP contribution in [0.2, 0.25) is 0 Å². The van der Waals surface area contributed by atoms with Gasteiger partial charge in [0.2, 0.25) is 11.2 Å². The summed E-state index contributed by atoms with van der Waals surface area (Å²) in [4.78, 5) is 12.9. The normalized spacial score (nSPS) is 10.6. The molecule has 1 aromatic heterocycles. The molecule has 1 heterocycles. The Morgan fingerprint density at radius 3 is 2.32 bits per heavy atom. The van der Waals surface area contributed by atoms with Crippen molar-refractivity contribution in [1.29, 1.82) is 0 Å². The molecule has 6 nitrogen and oxygen atoms in total. The maximum Gasteiger partial charge on any atom is 0.235 e. The second kappa shape index (κ2) is 9.26. The predicted octanol–water partition coefficient (Wildman–Crippen LogP) is 5.57. The van der Waals surface area contributed by atoms with Crippen molar-refractivity contribution in [2.45, 2.75) is 13.5 Å². The van der Waals surface area contributed by atoms with Crippen molar-refractivity contribution in [3.05, 3.63) is 88.8 Å². The lowest BCUT2D eigenvalue weighted by molar-refractivity contribution is 0.306. The summed E-state index contributed by atoms with van der Waals surface area (Å²) >= 11 is 0. The fourth-order valence-corrected chi connectivity index (χ4v) is 3.07. The van der Waals surface area contributed by atoms with Gasteiger partial charge in [-0.2, -0.15) is 0 Å². The van der Waals surface area contributed by atoms with Crippen LogP contribution in [0.4, 0.5) is 0 Å². The van der Waals surface area contributed by atoms with Gasteiger partial charge in [0.1, 0.15) is 30.0 Å². The molecule has 0 atom stereocenters. The second-order valence-electron chi connectivity index (χ2n) is 6.71. The molecule has 0 aliphatic carbocycles. The van der Waals surface area contributed by atoms with E-state index in [1.807, 2.05) is 43.3 Å². The standard InChI is InChI=1S/C25H22O6/c1-3-28-21-6-4-5-7-22(21)31-24-16-30-23-14-19(12-13-20(23)25(24)26)29-15-17-8-10-18(27-2)11-9-17/h4-14,16H,3,15H2,1-2H3. The quantitative estimate of drug-likeness (QED) is 0.373. The molecule has 0 spiro atoms. The van der Waals surface area contributed by atoms with E-state index in [4.69, 9.17) is 23.4 Å². The monoisotopic (exact) mass is 418 g/mol. The SMILES string of the molecule is CCOc1ccccc1Oc1coc2cc(OCc3ccc(OC)cc3)ccc2c1=O. The summed E-state index contributed by atoms with van der Waals surface area (Å²) in [6.07, 6.45) is 1.31. The van der Waals surface area contributed by atoms with Crippen LogP contribution in [-0.4, -0.2) is 13.7 Å². The molecule has 0 bridgehead atoms. The number of methoxy groups -OCH3 is 1. The average molecular weight is 418 g/mol. The molecule has 0 radical (unpaired) electrons. The van der Waals surface area contributed by atoms with Crippen molar-refractivity contribution in [1.82, 2.24) is 0 Å². The molecule has 0 saturated heterocycles. The second-order valence-corrected chi connectivity index (χ2v) is 6.71. The maximum absolute atomic E-state index is 12.9. The molecule has 0 aliphatic heterocycles. The van der Waals surface area contributed by atoms with Crippen molar-refractivity contribution in [3.8, 4) is 28.7 Å². The highest BCUT2D eigenvalue weighted by atomic mass is 16.5. The van der Waals surface area contributed by atoms with E-state index in [-0.39, 0.29) is 11.2 Å². The Kier molecular flexibility index (Phi) is 6.08. The highest BCUT2D eigenvalue weighted by Crippen LogP contribution is 2.31. The van der Waals surface area contributed by atoms with Crippen molar-refractivity contribution >= 4 is 11.0 Å². The maximum atomic E-state index is 12.9. The van der Waals surface area contributed by atoms with E-state index in [0.717, 1.165) is 11.3 Å². The van der Waals surface area contributed by atoms with Crippen molar-refractivity contribution in [2.75, 3.05) is 13.7 Å². The molecule has 31 heavy (non-hydrogen) atoms. The van der Waals surface area contributed by atoms with Gasteiger partial charge in [-0.15, -0.1) is 0 Å². The smallest absolute Gasteiger partial charge is 0.235 e. The molecular formula is C25H22O6. The summed E-state index contributed by atoms with van der Waals surface area (Å²) in [7, 11) is 1.63. The first-order valence-corrected chi connectivity index (χ1v) is 9.89. The Hall–Kier alpha value is -3.93. The van der Waals surface area contributed by atoms with Crippen molar-refractivity contribution in [3.63, 3.8) is 0 Å². The number of para-hydroxylation sites is 2. The third-order valence-corrected chi connectivity index (χ3v) is 4.65. The molecule has 0 unspecified atom stereocenters. The molecule has 0 aliphatic rings. The Morgan fingerprint density at radius 1 is 0.839 bits per heavy atom. The number of hydrogen-bond acceptors (Lipinski definition) is 6. The summed E-state index contributed by atoms with van der Waals surface area (Å²) in [5, 5.41) is 0.406. The molecule has 0 N–H and O–H groups in total. The fraction of sp³-hybridized carbons (Fsp3) is 0.160. The molecule has 6 heteroatoms. The lowest BCUT2D eigenvalue weighted by Crippen LogP contribution is -2.06. The van der Waals surface area contributed by atoms with Gasteiger partial charge in [0.15, 0.2) is 11.5 Å². The molecule has 158 valence electrons. The van der Waals surface area contributed by atoms with Gasteiger partial charge in [0.25, 0.3) is 0 Å². The zero-order valence-electron chi connectivity index (χ0n) is 17.3. The van der Waals surface area contributed by atoms with Crippen molar-refractivity contribution < 1.29 is 23.4 Å². The third-order valence-electron chi connectivity index (χ3n) is 4.65. The fourth-order valence-electron chi connectivity index (χ4n) is 3.07. The van der Waals surface area contributed by atoms with Gasteiger partial charge in [0.05, 0.1) is 19.1 Å². The van der Waals surface area contributed by atoms with E-state index < -0.39 is 0 Å². The van der Waals surface area contributed by atoms with E-state index in [2.05, 4.69) is 0 Å². The lowest BCUT2D eigenvalue weighted by atomic mass is 10.2. The van der Waals surface area contributed by atoms with Gasteiger partial charge in [-0.25, -0.2) is 0 Å². The van der Waals surface area contributed by atoms with E-state index >= 15 is 0 Å². The van der Waals surface area contributed by atoms with Gasteiger partial charge in [-0.3, -0.25) is 4.79 Å². The minimum atomic E-state index is -0.269. The van der Waals surface area contributed by atoms with Crippen LogP contribution in [0.1, 0.15) is 12.5 Å². The zero-order valence-corrected chi connectivity index (χ0v) is 17.3. The Bertz CT molecular complexity index is 1230. The summed E-state index contributed by atoms with van der Waals surface area (Å²) in [6, 6.07) is 19.9. The molecule has 4 aromatic rings. The molecular weight excluding hydrogens is 396 g/mol. The van der Waals surface area contributed by atoms with Gasteiger partial charge >= 0.3 is 0 Å². The Labute approximate surface area is 179 Å². The summed E-state index contributed by atoms with van der Waals surface area (Å²) in [5.74, 6) is 2.49. The van der Waals surface area contributed by atoms with Crippen LogP contribution < -0.4 is 24.4 Å². The van der Waals surface area contributed by atoms with E-state index in [9.17, 15) is 4.79 Å². The first-order chi connectivity index (χ1) is 15.2. The first-order valence-electron chi connectivity index (χ1n) is 9.89. The molecule has 3 aromatic carbocycles. The largest absolute Gasteiger partial charge is 0.497 e. The van der Waals surface area contributed by atoms with Crippen LogP contribution >= 0.6 is 0 Å². The molecule has 0 fully saturated rings. The van der Waals surface area contributed by atoms with Crippen LogP contribution in [0.3, 0.4) is 0 Å². The molecule has 0 saturated carbocycles. The van der Waals surface area contributed by atoms with Gasteiger partial charge in [-0.05, 0) is 48.9 Å². The van der Waals surface area contributed by atoms with Crippen LogP contribution in [0.25, 0.3) is 11.0 Å². The van der Waals surface area contributed by atoms with E-state index in [0.29, 0.717) is 41.4 Å². The summed E-state index contributed by atoms with van der Waals surface area (Å²) in [5.41, 5.74) is 1.15. The minimum absolute atomic E-state index is 0.0894. The highest BCUT2D eigenvalue weighted by molar-refractivity contribution is 5.79. The number of benzene rings is 3. The Morgan fingerprint density at radius 2 is 1.58 bits per heavy atom. The van der Waals surface area contributed by atoms with Gasteiger partial charge in [-0.1, -0.05) is 24.3 Å². The van der Waals surface area contributed by atoms with E-state index in [1.54, 1.807) is 37.4 Å². The van der Waals surface area contributed by atoms with Crippen LogP contribution in [0.15, 0.2) is 82.2 Å². The summed E-state index contributed by atoms with van der Waals surface area (Å²) < 4.78 is 28.0. The zero-order chi connectivity index (χ0) is 21.6. The van der Waals surface area contributed by atoms with E-state index in [1.165, 1.54) is 6.26 Å². The van der Waals surface area contributed by atoms with Crippen LogP contribution in [0.5, 0.6) is 28.7 Å². The van der Waals surface area contributed by atoms with Crippen LogP contribution in [-0.2, 0) is 6.61 Å². The highest BCUT2D eigenvalue weighted by Gasteiger charge is 2.13.